The first-order chi connectivity index (χ1) is 17.8. The molecule has 3 aromatic rings. The Kier molecular flexibility index (Phi) is 9.67. The van der Waals surface area contributed by atoms with E-state index in [9.17, 15) is 18.7 Å². The highest BCUT2D eigenvalue weighted by Crippen LogP contribution is 2.28. The molecule has 37 heavy (non-hydrogen) atoms. The lowest BCUT2D eigenvalue weighted by atomic mass is 9.91. The van der Waals surface area contributed by atoms with Crippen LogP contribution in [0.25, 0.3) is 0 Å². The molecule has 0 aliphatic heterocycles. The first-order valence-electron chi connectivity index (χ1n) is 12.8. The Morgan fingerprint density at radius 2 is 1.76 bits per heavy atom. The smallest absolute Gasteiger partial charge is 0.227 e. The van der Waals surface area contributed by atoms with E-state index in [0.29, 0.717) is 18.5 Å². The molecule has 1 unspecified atom stereocenters. The van der Waals surface area contributed by atoms with Crippen molar-refractivity contribution in [3.8, 4) is 0 Å². The lowest BCUT2D eigenvalue weighted by Gasteiger charge is -2.27. The molecule has 0 aromatic heterocycles. The second-order valence-corrected chi connectivity index (χ2v) is 11.0. The third-order valence-corrected chi connectivity index (χ3v) is 7.66. The number of carbonyl (C=O) groups excluding carboxylic acids is 1. The number of aliphatic hydroxyl groups excluding tert-OH is 1. The van der Waals surface area contributed by atoms with Gasteiger partial charge in [-0.2, -0.15) is 0 Å². The van der Waals surface area contributed by atoms with Gasteiger partial charge in [-0.1, -0.05) is 37.3 Å². The van der Waals surface area contributed by atoms with Crippen molar-refractivity contribution in [1.82, 2.24) is 10.6 Å². The lowest BCUT2D eigenvalue weighted by molar-refractivity contribution is -0.124. The summed E-state index contributed by atoms with van der Waals surface area (Å²) in [6.45, 7) is 2.73. The van der Waals surface area contributed by atoms with Crippen LogP contribution in [-0.2, 0) is 30.6 Å². The van der Waals surface area contributed by atoms with Crippen LogP contribution in [0.1, 0.15) is 53.5 Å². The molecule has 196 valence electrons. The standard InChI is InChI=1S/C30H33F2IN2O2/c1-2-27(23-10-9-21-6-4-7-22(21)15-23)30(37)35-28(14-20-11-24(31)16-25(32)12-20)29(36)18-34-17-19-5-3-8-26(33)13-19/h3,5,8-13,15-16,27-29,34,36H,2,4,6-7,14,17-18H2,1H3,(H,35,37)/t27?,28-,29-/m1/s1. The van der Waals surface area contributed by atoms with Crippen LogP contribution < -0.4 is 10.6 Å². The molecule has 3 N–H and O–H groups in total. The quantitative estimate of drug-likeness (QED) is 0.252. The van der Waals surface area contributed by atoms with Gasteiger partial charge in [-0.3, -0.25) is 4.79 Å². The normalized spacial score (nSPS) is 15.2. The van der Waals surface area contributed by atoms with E-state index in [1.54, 1.807) is 0 Å². The van der Waals surface area contributed by atoms with E-state index in [1.165, 1.54) is 23.3 Å². The zero-order valence-electron chi connectivity index (χ0n) is 20.9. The molecule has 4 rings (SSSR count). The third kappa shape index (κ3) is 7.58. The average molecular weight is 619 g/mol. The van der Waals surface area contributed by atoms with Gasteiger partial charge in [0, 0.05) is 22.7 Å². The second kappa shape index (κ2) is 12.9. The number of benzene rings is 3. The Morgan fingerprint density at radius 1 is 1.00 bits per heavy atom. The molecule has 0 saturated carbocycles. The molecular formula is C30H33F2IN2O2. The fourth-order valence-corrected chi connectivity index (χ4v) is 5.69. The van der Waals surface area contributed by atoms with Crippen LogP contribution in [0.5, 0.6) is 0 Å². The minimum absolute atomic E-state index is 0.104. The van der Waals surface area contributed by atoms with E-state index in [-0.39, 0.29) is 24.8 Å². The Balaban J connectivity index is 1.48. The van der Waals surface area contributed by atoms with E-state index < -0.39 is 23.8 Å². The summed E-state index contributed by atoms with van der Waals surface area (Å²) in [5.41, 5.74) is 5.07. The van der Waals surface area contributed by atoms with Crippen LogP contribution >= 0.6 is 22.6 Å². The number of halogens is 3. The third-order valence-electron chi connectivity index (χ3n) is 6.99. The lowest BCUT2D eigenvalue weighted by Crippen LogP contribution is -2.49. The molecule has 0 spiro atoms. The molecule has 4 nitrogen and oxygen atoms in total. The van der Waals surface area contributed by atoms with Gasteiger partial charge < -0.3 is 15.7 Å². The first kappa shape index (κ1) is 27.7. The van der Waals surface area contributed by atoms with Crippen molar-refractivity contribution in [2.45, 2.75) is 63.6 Å². The Morgan fingerprint density at radius 3 is 2.49 bits per heavy atom. The van der Waals surface area contributed by atoms with Gasteiger partial charge in [0.15, 0.2) is 0 Å². The molecular weight excluding hydrogens is 585 g/mol. The van der Waals surface area contributed by atoms with E-state index >= 15 is 0 Å². The molecule has 0 radical (unpaired) electrons. The Bertz CT molecular complexity index is 1220. The molecule has 3 aromatic carbocycles. The number of aliphatic hydroxyl groups is 1. The molecule has 0 bridgehead atoms. The number of aryl methyl sites for hydroxylation is 2. The van der Waals surface area contributed by atoms with E-state index in [4.69, 9.17) is 0 Å². The monoisotopic (exact) mass is 618 g/mol. The summed E-state index contributed by atoms with van der Waals surface area (Å²) in [5.74, 6) is -1.94. The second-order valence-electron chi connectivity index (χ2n) is 9.77. The molecule has 0 fully saturated rings. The minimum Gasteiger partial charge on any atom is -0.390 e. The number of hydrogen-bond donors (Lipinski definition) is 3. The predicted octanol–water partition coefficient (Wildman–Crippen LogP) is 5.43. The van der Waals surface area contributed by atoms with Gasteiger partial charge in [0.25, 0.3) is 0 Å². The zero-order chi connectivity index (χ0) is 26.4. The Hall–Kier alpha value is -2.36. The van der Waals surface area contributed by atoms with Crippen LogP contribution in [0.15, 0.2) is 60.7 Å². The van der Waals surface area contributed by atoms with Crippen LogP contribution in [0.4, 0.5) is 8.78 Å². The number of hydrogen-bond acceptors (Lipinski definition) is 3. The molecule has 0 heterocycles. The highest BCUT2D eigenvalue weighted by atomic mass is 127. The fourth-order valence-electron chi connectivity index (χ4n) is 5.08. The van der Waals surface area contributed by atoms with Crippen LogP contribution in [-0.4, -0.2) is 29.7 Å². The summed E-state index contributed by atoms with van der Waals surface area (Å²) in [5, 5.41) is 17.3. The number of fused-ring (bicyclic) bond motifs is 1. The fraction of sp³-hybridized carbons (Fsp3) is 0.367. The summed E-state index contributed by atoms with van der Waals surface area (Å²) in [6, 6.07) is 16.9. The van der Waals surface area contributed by atoms with E-state index in [0.717, 1.165) is 40.0 Å². The summed E-state index contributed by atoms with van der Waals surface area (Å²) < 4.78 is 28.9. The van der Waals surface area contributed by atoms with Crippen molar-refractivity contribution >= 4 is 28.5 Å². The SMILES string of the molecule is CCC(C(=O)N[C@H](Cc1cc(F)cc(F)c1)[C@H](O)CNCc1cccc(I)c1)c1ccc2c(c1)CCC2. The summed E-state index contributed by atoms with van der Waals surface area (Å²) in [4.78, 5) is 13.5. The van der Waals surface area contributed by atoms with Crippen LogP contribution in [0, 0.1) is 15.2 Å². The van der Waals surface area contributed by atoms with Gasteiger partial charge in [0.1, 0.15) is 11.6 Å². The molecule has 3 atom stereocenters. The minimum atomic E-state index is -0.962. The highest BCUT2D eigenvalue weighted by Gasteiger charge is 2.27. The van der Waals surface area contributed by atoms with Gasteiger partial charge in [0.2, 0.25) is 5.91 Å². The van der Waals surface area contributed by atoms with Crippen molar-refractivity contribution in [2.24, 2.45) is 0 Å². The van der Waals surface area contributed by atoms with Crippen molar-refractivity contribution in [2.75, 3.05) is 6.54 Å². The average Bonchev–Trinajstić information content (AvgIpc) is 3.31. The molecule has 1 amide bonds. The number of carbonyl (C=O) groups is 1. The van der Waals surface area contributed by atoms with E-state index in [2.05, 4.69) is 51.4 Å². The van der Waals surface area contributed by atoms with Gasteiger partial charge in [0.05, 0.1) is 18.1 Å². The van der Waals surface area contributed by atoms with Gasteiger partial charge in [-0.05, 0) is 107 Å². The highest BCUT2D eigenvalue weighted by molar-refractivity contribution is 14.1. The summed E-state index contributed by atoms with van der Waals surface area (Å²) in [6.07, 6.45) is 2.98. The largest absolute Gasteiger partial charge is 0.390 e. The summed E-state index contributed by atoms with van der Waals surface area (Å²) >= 11 is 2.25. The van der Waals surface area contributed by atoms with Crippen molar-refractivity contribution in [3.63, 3.8) is 0 Å². The number of rotatable bonds is 11. The Labute approximate surface area is 231 Å². The topological polar surface area (TPSA) is 61.4 Å². The van der Waals surface area contributed by atoms with Crippen molar-refractivity contribution in [1.29, 1.82) is 0 Å². The summed E-state index contributed by atoms with van der Waals surface area (Å²) in [7, 11) is 0. The number of amides is 1. The molecule has 1 aliphatic carbocycles. The maximum Gasteiger partial charge on any atom is 0.227 e. The van der Waals surface area contributed by atoms with Gasteiger partial charge in [-0.25, -0.2) is 8.78 Å². The number of nitrogens with one attached hydrogen (secondary N) is 2. The van der Waals surface area contributed by atoms with Crippen molar-refractivity contribution in [3.05, 3.63) is 104 Å². The molecule has 1 aliphatic rings. The van der Waals surface area contributed by atoms with Crippen LogP contribution in [0.2, 0.25) is 0 Å². The zero-order valence-corrected chi connectivity index (χ0v) is 23.1. The first-order valence-corrected chi connectivity index (χ1v) is 13.9. The van der Waals surface area contributed by atoms with E-state index in [1.807, 2.05) is 31.2 Å². The molecule has 0 saturated heterocycles. The van der Waals surface area contributed by atoms with Gasteiger partial charge in [-0.15, -0.1) is 0 Å². The predicted molar refractivity (Wildman–Crippen MR) is 150 cm³/mol. The maximum absolute atomic E-state index is 13.9. The van der Waals surface area contributed by atoms with Crippen LogP contribution in [0.3, 0.4) is 0 Å². The van der Waals surface area contributed by atoms with Gasteiger partial charge >= 0.3 is 0 Å². The van der Waals surface area contributed by atoms with Crippen molar-refractivity contribution < 1.29 is 18.7 Å². The molecule has 7 heteroatoms. The maximum atomic E-state index is 13.9.